The molecule has 4 aromatic rings. The van der Waals surface area contributed by atoms with Gasteiger partial charge in [0, 0.05) is 30.1 Å². The molecule has 0 aliphatic rings. The molecule has 0 spiro atoms. The van der Waals surface area contributed by atoms with Gasteiger partial charge < -0.3 is 4.57 Å². The number of nitrogens with zero attached hydrogens (tertiary/aromatic N) is 3. The van der Waals surface area contributed by atoms with Crippen molar-refractivity contribution in [3.63, 3.8) is 0 Å². The monoisotopic (exact) mass is 414 g/mol. The summed E-state index contributed by atoms with van der Waals surface area (Å²) in [4.78, 5) is 8.89. The van der Waals surface area contributed by atoms with Crippen molar-refractivity contribution in [2.75, 3.05) is 6.54 Å². The minimum atomic E-state index is -0.253. The Morgan fingerprint density at radius 2 is 1.65 bits per heavy atom. The Hall–Kier alpha value is -3.31. The predicted molar refractivity (Wildman–Crippen MR) is 123 cm³/mol. The van der Waals surface area contributed by atoms with Crippen LogP contribution in [-0.4, -0.2) is 21.1 Å². The van der Waals surface area contributed by atoms with Gasteiger partial charge in [0.15, 0.2) is 0 Å². The number of hydrogen-bond acceptors (Lipinski definition) is 3. The van der Waals surface area contributed by atoms with Crippen molar-refractivity contribution in [3.05, 3.63) is 96.8 Å². The summed E-state index contributed by atoms with van der Waals surface area (Å²) < 4.78 is 15.7. The van der Waals surface area contributed by atoms with Crippen molar-refractivity contribution in [3.8, 4) is 22.5 Å². The fourth-order valence-electron chi connectivity index (χ4n) is 3.86. The van der Waals surface area contributed by atoms with Crippen LogP contribution in [0, 0.1) is 5.82 Å². The van der Waals surface area contributed by atoms with Crippen LogP contribution in [0.25, 0.3) is 22.5 Å². The third-order valence-electron chi connectivity index (χ3n) is 5.62. The Morgan fingerprint density at radius 3 is 2.32 bits per heavy atom. The zero-order valence-electron chi connectivity index (χ0n) is 17.9. The molecule has 5 heteroatoms. The van der Waals surface area contributed by atoms with Crippen molar-refractivity contribution in [1.29, 1.82) is 0 Å². The van der Waals surface area contributed by atoms with E-state index in [4.69, 9.17) is 4.98 Å². The van der Waals surface area contributed by atoms with Gasteiger partial charge in [-0.05, 0) is 54.3 Å². The van der Waals surface area contributed by atoms with Crippen LogP contribution in [0.4, 0.5) is 4.39 Å². The highest BCUT2D eigenvalue weighted by Gasteiger charge is 2.20. The predicted octanol–water partition coefficient (Wildman–Crippen LogP) is 6.05. The fourth-order valence-corrected chi connectivity index (χ4v) is 3.86. The van der Waals surface area contributed by atoms with E-state index in [1.54, 1.807) is 24.5 Å². The van der Waals surface area contributed by atoms with Gasteiger partial charge in [0.1, 0.15) is 5.82 Å². The third kappa shape index (κ3) is 4.72. The minimum absolute atomic E-state index is 0.0797. The van der Waals surface area contributed by atoms with E-state index in [2.05, 4.69) is 53.0 Å². The average molecular weight is 415 g/mol. The maximum Gasteiger partial charge on any atom is 0.123 e. The van der Waals surface area contributed by atoms with Crippen LogP contribution in [-0.2, 0) is 0 Å². The average Bonchev–Trinajstić information content (AvgIpc) is 3.26. The molecule has 0 aliphatic heterocycles. The van der Waals surface area contributed by atoms with Crippen LogP contribution in [0.15, 0.2) is 85.5 Å². The first-order valence-electron chi connectivity index (χ1n) is 10.7. The van der Waals surface area contributed by atoms with Crippen LogP contribution in [0.5, 0.6) is 0 Å². The second-order valence-corrected chi connectivity index (χ2v) is 7.74. The standard InChI is InChI=1S/C26H27FN4/c1-3-24(29-17-19(2)20-7-5-4-6-8-20)31-18-30-25(21-9-11-23(27)12-10-21)26(31)22-13-15-28-16-14-22/h4-16,18-19,24,29H,3,17H2,1-2H3. The van der Waals surface area contributed by atoms with E-state index in [-0.39, 0.29) is 12.0 Å². The minimum Gasteiger partial charge on any atom is -0.314 e. The number of hydrogen-bond donors (Lipinski definition) is 1. The number of imidazole rings is 1. The van der Waals surface area contributed by atoms with Crippen LogP contribution in [0.1, 0.15) is 37.9 Å². The number of rotatable bonds is 8. The molecular weight excluding hydrogens is 387 g/mol. The highest BCUT2D eigenvalue weighted by molar-refractivity contribution is 5.78. The Bertz CT molecular complexity index is 1090. The number of pyridine rings is 1. The molecule has 2 aromatic carbocycles. The summed E-state index contributed by atoms with van der Waals surface area (Å²) in [6.45, 7) is 5.25. The molecule has 0 saturated carbocycles. The molecule has 0 saturated heterocycles. The topological polar surface area (TPSA) is 42.7 Å². The van der Waals surface area contributed by atoms with E-state index in [0.29, 0.717) is 5.92 Å². The van der Waals surface area contributed by atoms with Crippen LogP contribution in [0.3, 0.4) is 0 Å². The van der Waals surface area contributed by atoms with Crippen molar-refractivity contribution in [2.45, 2.75) is 32.4 Å². The lowest BCUT2D eigenvalue weighted by atomic mass is 10.0. The Morgan fingerprint density at radius 1 is 0.935 bits per heavy atom. The van der Waals surface area contributed by atoms with E-state index in [9.17, 15) is 4.39 Å². The van der Waals surface area contributed by atoms with Gasteiger partial charge in [-0.25, -0.2) is 9.37 Å². The van der Waals surface area contributed by atoms with Crippen LogP contribution in [0.2, 0.25) is 0 Å². The number of halogens is 1. The summed E-state index contributed by atoms with van der Waals surface area (Å²) in [5.74, 6) is 0.136. The first kappa shape index (κ1) is 20.9. The maximum absolute atomic E-state index is 13.5. The maximum atomic E-state index is 13.5. The van der Waals surface area contributed by atoms with Gasteiger partial charge >= 0.3 is 0 Å². The molecule has 31 heavy (non-hydrogen) atoms. The van der Waals surface area contributed by atoms with E-state index in [0.717, 1.165) is 35.5 Å². The summed E-state index contributed by atoms with van der Waals surface area (Å²) in [5.41, 5.74) is 5.07. The largest absolute Gasteiger partial charge is 0.314 e. The van der Waals surface area contributed by atoms with Gasteiger partial charge in [-0.15, -0.1) is 0 Å². The van der Waals surface area contributed by atoms with Crippen molar-refractivity contribution in [2.24, 2.45) is 0 Å². The molecule has 1 N–H and O–H groups in total. The number of nitrogens with one attached hydrogen (secondary N) is 1. The van der Waals surface area contributed by atoms with Crippen molar-refractivity contribution in [1.82, 2.24) is 19.9 Å². The van der Waals surface area contributed by atoms with Gasteiger partial charge in [0.25, 0.3) is 0 Å². The van der Waals surface area contributed by atoms with Gasteiger partial charge in [0.2, 0.25) is 0 Å². The fraction of sp³-hybridized carbons (Fsp3) is 0.231. The smallest absolute Gasteiger partial charge is 0.123 e. The molecule has 0 radical (unpaired) electrons. The first-order valence-corrected chi connectivity index (χ1v) is 10.7. The molecule has 4 rings (SSSR count). The molecule has 158 valence electrons. The molecule has 2 heterocycles. The molecule has 2 aromatic heterocycles. The summed E-state index contributed by atoms with van der Waals surface area (Å²) in [6, 6.07) is 21.0. The van der Waals surface area contributed by atoms with Gasteiger partial charge in [-0.3, -0.25) is 10.3 Å². The molecule has 2 unspecified atom stereocenters. The lowest BCUT2D eigenvalue weighted by molar-refractivity contribution is 0.384. The molecule has 0 bridgehead atoms. The summed E-state index contributed by atoms with van der Waals surface area (Å²) in [5, 5.41) is 3.72. The second kappa shape index (κ2) is 9.67. The molecule has 0 aliphatic carbocycles. The van der Waals surface area contributed by atoms with Crippen molar-refractivity contribution >= 4 is 0 Å². The SMILES string of the molecule is CCC(NCC(C)c1ccccc1)n1cnc(-c2ccc(F)cc2)c1-c1ccncc1. The first-order chi connectivity index (χ1) is 15.2. The summed E-state index contributed by atoms with van der Waals surface area (Å²) in [6.07, 6.45) is 6.43. The summed E-state index contributed by atoms with van der Waals surface area (Å²) >= 11 is 0. The zero-order chi connectivity index (χ0) is 21.6. The third-order valence-corrected chi connectivity index (χ3v) is 5.62. The van der Waals surface area contributed by atoms with E-state index < -0.39 is 0 Å². The Kier molecular flexibility index (Phi) is 6.53. The molecule has 0 fully saturated rings. The van der Waals surface area contributed by atoms with E-state index >= 15 is 0 Å². The Labute approximate surface area is 182 Å². The number of aromatic nitrogens is 3. The number of benzene rings is 2. The molecule has 2 atom stereocenters. The van der Waals surface area contributed by atoms with Crippen LogP contribution >= 0.6 is 0 Å². The lowest BCUT2D eigenvalue weighted by Crippen LogP contribution is -2.29. The highest BCUT2D eigenvalue weighted by Crippen LogP contribution is 2.33. The Balaban J connectivity index is 1.67. The highest BCUT2D eigenvalue weighted by atomic mass is 19.1. The van der Waals surface area contributed by atoms with Gasteiger partial charge in [0.05, 0.1) is 23.9 Å². The zero-order valence-corrected chi connectivity index (χ0v) is 17.9. The van der Waals surface area contributed by atoms with Crippen LogP contribution < -0.4 is 5.32 Å². The second-order valence-electron chi connectivity index (χ2n) is 7.74. The van der Waals surface area contributed by atoms with E-state index in [1.807, 2.05) is 24.5 Å². The summed E-state index contributed by atoms with van der Waals surface area (Å²) in [7, 11) is 0. The molecule has 4 nitrogen and oxygen atoms in total. The van der Waals surface area contributed by atoms with Crippen molar-refractivity contribution < 1.29 is 4.39 Å². The van der Waals surface area contributed by atoms with Gasteiger partial charge in [-0.1, -0.05) is 44.2 Å². The molecule has 0 amide bonds. The van der Waals surface area contributed by atoms with Gasteiger partial charge in [-0.2, -0.15) is 0 Å². The van der Waals surface area contributed by atoms with E-state index in [1.165, 1.54) is 17.7 Å². The lowest BCUT2D eigenvalue weighted by Gasteiger charge is -2.24. The normalized spacial score (nSPS) is 13.1. The quantitative estimate of drug-likeness (QED) is 0.381. The molecular formula is C26H27FN4.